The summed E-state index contributed by atoms with van der Waals surface area (Å²) < 4.78 is 5.98. The monoisotopic (exact) mass is 498 g/mol. The highest BCUT2D eigenvalue weighted by atomic mass is 16.6. The Labute approximate surface area is 215 Å². The van der Waals surface area contributed by atoms with Gasteiger partial charge in [-0.1, -0.05) is 18.2 Å². The Morgan fingerprint density at radius 3 is 2.68 bits per heavy atom. The zero-order valence-corrected chi connectivity index (χ0v) is 21.1. The highest BCUT2D eigenvalue weighted by Crippen LogP contribution is 2.32. The van der Waals surface area contributed by atoms with E-state index in [1.54, 1.807) is 18.3 Å². The molecule has 190 valence electrons. The third-order valence-corrected chi connectivity index (χ3v) is 7.12. The summed E-state index contributed by atoms with van der Waals surface area (Å²) in [5.41, 5.74) is 3.75. The summed E-state index contributed by atoms with van der Waals surface area (Å²) >= 11 is 0. The van der Waals surface area contributed by atoms with E-state index in [1.165, 1.54) is 6.07 Å². The number of hydrogen-bond donors (Lipinski definition) is 0. The van der Waals surface area contributed by atoms with Gasteiger partial charge in [-0.25, -0.2) is 0 Å². The second kappa shape index (κ2) is 10.4. The van der Waals surface area contributed by atoms with Crippen LogP contribution in [0, 0.1) is 16.0 Å². The predicted octanol–water partition coefficient (Wildman–Crippen LogP) is 6.33. The van der Waals surface area contributed by atoms with Crippen LogP contribution in [0.2, 0.25) is 0 Å². The number of benzene rings is 3. The number of nitro groups is 1. The third-order valence-electron chi connectivity index (χ3n) is 7.12. The number of aliphatic imine (C=N–C) groups is 1. The average molecular weight is 499 g/mol. The van der Waals surface area contributed by atoms with Crippen LogP contribution in [0.1, 0.15) is 32.3 Å². The number of nitrogens with zero attached hydrogens (tertiary/aromatic N) is 4. The molecule has 0 radical (unpaired) electrons. The number of amides is 1. The Balaban J connectivity index is 1.46. The van der Waals surface area contributed by atoms with E-state index in [9.17, 15) is 14.9 Å². The zero-order valence-electron chi connectivity index (χ0n) is 21.1. The van der Waals surface area contributed by atoms with Crippen molar-refractivity contribution in [3.63, 3.8) is 0 Å². The van der Waals surface area contributed by atoms with Crippen LogP contribution in [0.3, 0.4) is 0 Å². The van der Waals surface area contributed by atoms with Gasteiger partial charge in [0.2, 0.25) is 5.91 Å². The fraction of sp³-hybridized carbons (Fsp3) is 0.310. The first-order valence-corrected chi connectivity index (χ1v) is 12.8. The molecule has 1 aromatic heterocycles. The Morgan fingerprint density at radius 1 is 1.11 bits per heavy atom. The number of non-ortho nitro benzene ring substituents is 1. The van der Waals surface area contributed by atoms with Crippen molar-refractivity contribution in [2.75, 3.05) is 31.1 Å². The van der Waals surface area contributed by atoms with Gasteiger partial charge in [-0.3, -0.25) is 19.9 Å². The van der Waals surface area contributed by atoms with Crippen molar-refractivity contribution in [1.82, 2.24) is 4.90 Å². The number of piperidine rings is 1. The van der Waals surface area contributed by atoms with Gasteiger partial charge in [0.05, 0.1) is 16.5 Å². The van der Waals surface area contributed by atoms with E-state index >= 15 is 0 Å². The van der Waals surface area contributed by atoms with E-state index in [0.717, 1.165) is 47.0 Å². The predicted molar refractivity (Wildman–Crippen MR) is 147 cm³/mol. The number of fused-ring (bicyclic) bond motifs is 3. The number of rotatable bonds is 7. The summed E-state index contributed by atoms with van der Waals surface area (Å²) in [5, 5.41) is 13.6. The van der Waals surface area contributed by atoms with Gasteiger partial charge in [-0.05, 0) is 51.0 Å². The maximum atomic E-state index is 13.0. The van der Waals surface area contributed by atoms with Crippen LogP contribution in [0.25, 0.3) is 21.9 Å². The second-order valence-corrected chi connectivity index (χ2v) is 9.33. The topological polar surface area (TPSA) is 92.2 Å². The Kier molecular flexibility index (Phi) is 6.90. The molecule has 8 heteroatoms. The van der Waals surface area contributed by atoms with E-state index in [4.69, 9.17) is 4.42 Å². The number of anilines is 1. The SMILES string of the molecule is CCN(CC)C(=O)C1CCCN(c2ccc([N+](=O)[O-])cc2C=Nc2ccc3c(c2)oc2ccccc23)C1. The molecule has 1 unspecified atom stereocenters. The highest BCUT2D eigenvalue weighted by molar-refractivity contribution is 6.05. The molecule has 37 heavy (non-hydrogen) atoms. The minimum Gasteiger partial charge on any atom is -0.456 e. The fourth-order valence-corrected chi connectivity index (χ4v) is 5.18. The normalized spacial score (nSPS) is 16.1. The Morgan fingerprint density at radius 2 is 1.89 bits per heavy atom. The molecule has 1 amide bonds. The van der Waals surface area contributed by atoms with Crippen molar-refractivity contribution in [3.05, 3.63) is 76.3 Å². The van der Waals surface area contributed by atoms with Crippen LogP contribution in [-0.2, 0) is 4.79 Å². The van der Waals surface area contributed by atoms with Crippen molar-refractivity contribution in [2.45, 2.75) is 26.7 Å². The molecular weight excluding hydrogens is 468 g/mol. The lowest BCUT2D eigenvalue weighted by atomic mass is 9.95. The summed E-state index contributed by atoms with van der Waals surface area (Å²) in [6.07, 6.45) is 3.40. The lowest BCUT2D eigenvalue weighted by Crippen LogP contribution is -2.45. The van der Waals surface area contributed by atoms with Crippen molar-refractivity contribution in [3.8, 4) is 0 Å². The van der Waals surface area contributed by atoms with Crippen LogP contribution in [-0.4, -0.2) is 48.1 Å². The van der Waals surface area contributed by atoms with Gasteiger partial charge < -0.3 is 14.2 Å². The van der Waals surface area contributed by atoms with E-state index in [-0.39, 0.29) is 17.5 Å². The number of carbonyl (C=O) groups excluding carboxylic acids is 1. The summed E-state index contributed by atoms with van der Waals surface area (Å²) in [5.74, 6) is 0.0788. The Hall–Kier alpha value is -4.20. The molecule has 1 saturated heterocycles. The van der Waals surface area contributed by atoms with Crippen LogP contribution in [0.15, 0.2) is 70.1 Å². The molecule has 3 aromatic carbocycles. The van der Waals surface area contributed by atoms with Crippen molar-refractivity contribution >= 4 is 51.1 Å². The van der Waals surface area contributed by atoms with Crippen molar-refractivity contribution < 1.29 is 14.1 Å². The summed E-state index contributed by atoms with van der Waals surface area (Å²) in [7, 11) is 0. The number of furan rings is 1. The van der Waals surface area contributed by atoms with Crippen LogP contribution >= 0.6 is 0 Å². The highest BCUT2D eigenvalue weighted by Gasteiger charge is 2.29. The molecule has 1 atom stereocenters. The summed E-state index contributed by atoms with van der Waals surface area (Å²) in [6.45, 7) is 6.74. The third kappa shape index (κ3) is 4.91. The summed E-state index contributed by atoms with van der Waals surface area (Å²) in [4.78, 5) is 32.8. The van der Waals surface area contributed by atoms with Gasteiger partial charge in [-0.2, -0.15) is 0 Å². The molecule has 0 aliphatic carbocycles. The molecule has 4 aromatic rings. The first-order chi connectivity index (χ1) is 18.0. The Bertz CT molecular complexity index is 1490. The van der Waals surface area contributed by atoms with Gasteiger partial charge in [0.15, 0.2) is 0 Å². The largest absolute Gasteiger partial charge is 0.456 e. The minimum absolute atomic E-state index is 0.00529. The lowest BCUT2D eigenvalue weighted by molar-refractivity contribution is -0.384. The molecule has 1 aliphatic rings. The van der Waals surface area contributed by atoms with Crippen molar-refractivity contribution in [1.29, 1.82) is 0 Å². The van der Waals surface area contributed by atoms with Gasteiger partial charge in [0.25, 0.3) is 5.69 Å². The first kappa shape index (κ1) is 24.5. The minimum atomic E-state index is -0.398. The molecule has 0 spiro atoms. The zero-order chi connectivity index (χ0) is 25.9. The average Bonchev–Trinajstić information content (AvgIpc) is 3.30. The van der Waals surface area contributed by atoms with Crippen molar-refractivity contribution in [2.24, 2.45) is 10.9 Å². The molecule has 0 N–H and O–H groups in total. The maximum absolute atomic E-state index is 13.0. The molecule has 1 fully saturated rings. The maximum Gasteiger partial charge on any atom is 0.270 e. The molecule has 8 nitrogen and oxygen atoms in total. The van der Waals surface area contributed by atoms with Crippen LogP contribution < -0.4 is 4.90 Å². The quantitative estimate of drug-likeness (QED) is 0.169. The molecule has 1 aliphatic heterocycles. The van der Waals surface area contributed by atoms with E-state index in [0.29, 0.717) is 30.9 Å². The van der Waals surface area contributed by atoms with Crippen LogP contribution in [0.5, 0.6) is 0 Å². The van der Waals surface area contributed by atoms with Gasteiger partial charge in [0, 0.05) is 72.6 Å². The van der Waals surface area contributed by atoms with Crippen LogP contribution in [0.4, 0.5) is 17.1 Å². The first-order valence-electron chi connectivity index (χ1n) is 12.8. The number of carbonyl (C=O) groups is 1. The number of nitro benzene ring substituents is 1. The second-order valence-electron chi connectivity index (χ2n) is 9.33. The fourth-order valence-electron chi connectivity index (χ4n) is 5.18. The number of hydrogen-bond acceptors (Lipinski definition) is 6. The van der Waals surface area contributed by atoms with Gasteiger partial charge >= 0.3 is 0 Å². The van der Waals surface area contributed by atoms with E-state index < -0.39 is 4.92 Å². The molecule has 0 saturated carbocycles. The molecular formula is C29H30N4O4. The van der Waals surface area contributed by atoms with Gasteiger partial charge in [0.1, 0.15) is 11.2 Å². The van der Waals surface area contributed by atoms with E-state index in [2.05, 4.69) is 9.89 Å². The smallest absolute Gasteiger partial charge is 0.270 e. The standard InChI is InChI=1S/C29H30N4O4/c1-3-31(4-2)29(34)20-8-7-15-32(19-20)26-14-12-23(33(35)36)16-21(26)18-30-22-11-13-25-24-9-5-6-10-27(24)37-28(25)17-22/h5-6,9-14,16-18,20H,3-4,7-8,15,19H2,1-2H3. The van der Waals surface area contributed by atoms with Gasteiger partial charge in [-0.15, -0.1) is 0 Å². The molecule has 2 heterocycles. The summed E-state index contributed by atoms with van der Waals surface area (Å²) in [6, 6.07) is 18.5. The molecule has 5 rings (SSSR count). The number of para-hydroxylation sites is 1. The molecule has 0 bridgehead atoms. The lowest BCUT2D eigenvalue weighted by Gasteiger charge is -2.36. The van der Waals surface area contributed by atoms with E-state index in [1.807, 2.05) is 61.2 Å².